The zero-order valence-electron chi connectivity index (χ0n) is 42.8. The SMILES string of the molecule is CC(=NC#N)N(C)CC1CCOC1.CCC(CCC1CCOC1)=N[N+](=O)[O-].CCC(CCC1CCOC1)=N[N+](=O)[O-].CN1COCN(CC2CCOC2)C1=N[N+](=O)[O-].N#CN=C1SCCN1CC1CCOC1. The van der Waals surface area contributed by atoms with Crippen LogP contribution < -0.4 is 0 Å². The molecular weight excluding hydrogens is 961 g/mol. The third kappa shape index (κ3) is 25.5. The number of rotatable bonds is 17. The second-order valence-electron chi connectivity index (χ2n) is 18.2. The summed E-state index contributed by atoms with van der Waals surface area (Å²) in [6, 6.07) is 0. The van der Waals surface area contributed by atoms with Crippen LogP contribution in [0.5, 0.6) is 0 Å². The number of nitro groups is 3. The van der Waals surface area contributed by atoms with Gasteiger partial charge in [-0.1, -0.05) is 25.6 Å². The van der Waals surface area contributed by atoms with Gasteiger partial charge in [0.2, 0.25) is 12.4 Å². The predicted octanol–water partition coefficient (Wildman–Crippen LogP) is 5.20. The highest BCUT2D eigenvalue weighted by Gasteiger charge is 2.29. The lowest BCUT2D eigenvalue weighted by Crippen LogP contribution is -2.51. The largest absolute Gasteiger partial charge is 0.381 e. The fourth-order valence-electron chi connectivity index (χ4n) is 8.41. The van der Waals surface area contributed by atoms with E-state index in [2.05, 4.69) is 30.2 Å². The van der Waals surface area contributed by atoms with E-state index in [-0.39, 0.29) is 0 Å². The topological polar surface area (TPSA) is 307 Å². The number of guanidine groups is 1. The van der Waals surface area contributed by atoms with Gasteiger partial charge in [0.25, 0.3) is 5.96 Å². The number of hydrogen-bond acceptors (Lipinski definition) is 17. The van der Waals surface area contributed by atoms with Crippen LogP contribution in [0.2, 0.25) is 0 Å². The van der Waals surface area contributed by atoms with Crippen molar-refractivity contribution >= 4 is 40.1 Å². The Balaban J connectivity index is 0.000000238. The minimum absolute atomic E-state index is 0.324. The highest BCUT2D eigenvalue weighted by molar-refractivity contribution is 8.14. The molecule has 5 atom stereocenters. The van der Waals surface area contributed by atoms with E-state index in [0.29, 0.717) is 86.4 Å². The van der Waals surface area contributed by atoms with Crippen LogP contribution >= 0.6 is 11.8 Å². The van der Waals surface area contributed by atoms with Gasteiger partial charge in [-0.05, 0) is 89.4 Å². The Bertz CT molecular complexity index is 1820. The summed E-state index contributed by atoms with van der Waals surface area (Å²) >= 11 is 1.67. The van der Waals surface area contributed by atoms with Crippen LogP contribution in [0.25, 0.3) is 0 Å². The molecule has 7 fully saturated rings. The first-order valence-corrected chi connectivity index (χ1v) is 25.8. The maximum Gasteiger partial charge on any atom is 0.277 e. The molecule has 404 valence electrons. The molecule has 5 unspecified atom stereocenters. The van der Waals surface area contributed by atoms with Crippen LogP contribution in [-0.2, 0) is 28.4 Å². The van der Waals surface area contributed by atoms with E-state index in [0.717, 1.165) is 154 Å². The second kappa shape index (κ2) is 35.9. The minimum Gasteiger partial charge on any atom is -0.381 e. The predicted molar refractivity (Wildman–Crippen MR) is 271 cm³/mol. The third-order valence-corrected chi connectivity index (χ3v) is 13.6. The van der Waals surface area contributed by atoms with Crippen molar-refractivity contribution in [1.82, 2.24) is 19.6 Å². The number of hydrogen-bond donors (Lipinski definition) is 0. The monoisotopic (exact) mass is 1040 g/mol. The van der Waals surface area contributed by atoms with Gasteiger partial charge >= 0.3 is 0 Å². The van der Waals surface area contributed by atoms with Crippen LogP contribution in [0.4, 0.5) is 0 Å². The van der Waals surface area contributed by atoms with Gasteiger partial charge in [0.05, 0.1) is 41.4 Å². The molecule has 0 aromatic heterocycles. The quantitative estimate of drug-likeness (QED) is 0.0594. The standard InChI is InChI=1S/C9H16N4O4.C9H13N3OS.C9H15N3O.2C9H16N2O3/c1-11-6-17-7-12(9(11)10-13(14)15)4-8-2-3-16-5-8;10-7-11-9-12(2-4-14-9)5-8-1-3-13-6-8;1-8(11-7-10)12(2)5-9-3-4-13-6-9;2*1-2-9(10-11(12)13)4-3-8-5-6-14-7-8/h8H,2-7H2,1H3;8H,1-6H2;9H,3-6H2,1-2H3;2*8H,2-7H2,1H3. The molecule has 0 amide bonds. The van der Waals surface area contributed by atoms with Crippen LogP contribution in [-0.4, -0.2) is 189 Å². The Morgan fingerprint density at radius 3 is 1.58 bits per heavy atom. The summed E-state index contributed by atoms with van der Waals surface area (Å²) in [7, 11) is 3.67. The molecule has 7 rings (SSSR count). The number of nitriles is 2. The molecule has 0 aromatic rings. The molecule has 0 saturated carbocycles. The van der Waals surface area contributed by atoms with E-state index in [9.17, 15) is 30.3 Å². The number of aliphatic imine (C=N–C) groups is 2. The lowest BCUT2D eigenvalue weighted by Gasteiger charge is -2.35. The molecule has 26 nitrogen and oxygen atoms in total. The summed E-state index contributed by atoms with van der Waals surface area (Å²) in [5, 5.41) is 56.8. The number of nitrogens with zero attached hydrogens (tertiary/aromatic N) is 14. The summed E-state index contributed by atoms with van der Waals surface area (Å²) in [5.74, 6) is 4.92. The number of ether oxygens (including phenoxy) is 6. The van der Waals surface area contributed by atoms with Crippen molar-refractivity contribution in [3.8, 4) is 12.4 Å². The molecule has 0 spiro atoms. The summed E-state index contributed by atoms with van der Waals surface area (Å²) in [5.41, 5.74) is 1.36. The Morgan fingerprint density at radius 1 is 0.694 bits per heavy atom. The fraction of sp³-hybridized carbons (Fsp3) is 0.844. The Hall–Kier alpha value is -5.16. The van der Waals surface area contributed by atoms with Crippen molar-refractivity contribution in [3.05, 3.63) is 30.3 Å². The number of amidine groups is 2. The van der Waals surface area contributed by atoms with Gasteiger partial charge in [0, 0.05) is 110 Å². The number of thioether (sulfide) groups is 1. The van der Waals surface area contributed by atoms with Crippen molar-refractivity contribution < 1.29 is 43.5 Å². The Labute approximate surface area is 427 Å². The average Bonchev–Trinajstić information content (AvgIpc) is 4.22. The molecule has 72 heavy (non-hydrogen) atoms. The summed E-state index contributed by atoms with van der Waals surface area (Å²) in [4.78, 5) is 45.9. The molecule has 0 radical (unpaired) electrons. The first-order chi connectivity index (χ1) is 34.7. The van der Waals surface area contributed by atoms with Crippen molar-refractivity contribution in [1.29, 1.82) is 10.5 Å². The summed E-state index contributed by atoms with van der Waals surface area (Å²) in [6.45, 7) is 18.1. The van der Waals surface area contributed by atoms with Crippen LogP contribution in [0.15, 0.2) is 25.3 Å². The van der Waals surface area contributed by atoms with Crippen molar-refractivity contribution in [2.24, 2.45) is 54.9 Å². The van der Waals surface area contributed by atoms with Crippen LogP contribution in [0.1, 0.15) is 91.4 Å². The van der Waals surface area contributed by atoms with Crippen LogP contribution in [0.3, 0.4) is 0 Å². The fourth-order valence-corrected chi connectivity index (χ4v) is 9.36. The zero-order chi connectivity index (χ0) is 52.5. The minimum atomic E-state index is -0.671. The van der Waals surface area contributed by atoms with Crippen molar-refractivity contribution in [2.45, 2.75) is 91.4 Å². The number of hydrazone groups is 3. The summed E-state index contributed by atoms with van der Waals surface area (Å²) < 4.78 is 31.7. The van der Waals surface area contributed by atoms with E-state index in [1.807, 2.05) is 38.9 Å². The van der Waals surface area contributed by atoms with Crippen molar-refractivity contribution in [3.63, 3.8) is 0 Å². The van der Waals surface area contributed by atoms with Gasteiger partial charge in [-0.3, -0.25) is 0 Å². The van der Waals surface area contributed by atoms with E-state index in [1.54, 1.807) is 34.8 Å². The van der Waals surface area contributed by atoms with Gasteiger partial charge in [-0.25, -0.2) is 30.3 Å². The lowest BCUT2D eigenvalue weighted by molar-refractivity contribution is -0.486. The smallest absolute Gasteiger partial charge is 0.277 e. The molecule has 7 heterocycles. The molecule has 0 aliphatic carbocycles. The molecule has 7 aliphatic heterocycles. The maximum atomic E-state index is 10.5. The molecule has 7 saturated heterocycles. The van der Waals surface area contributed by atoms with E-state index >= 15 is 0 Å². The normalized spacial score (nSPS) is 25.3. The molecule has 7 aliphatic rings. The highest BCUT2D eigenvalue weighted by Crippen LogP contribution is 2.23. The van der Waals surface area contributed by atoms with Gasteiger partial charge in [0.15, 0.2) is 20.3 Å². The first kappa shape index (κ1) is 61.1. The highest BCUT2D eigenvalue weighted by atomic mass is 32.2. The first-order valence-electron chi connectivity index (χ1n) is 24.8. The lowest BCUT2D eigenvalue weighted by atomic mass is 10.00. The summed E-state index contributed by atoms with van der Waals surface area (Å²) in [6.07, 6.45) is 13.7. The molecule has 0 bridgehead atoms. The van der Waals surface area contributed by atoms with E-state index < -0.39 is 15.1 Å². The second-order valence-corrected chi connectivity index (χ2v) is 19.3. The molecular formula is C45H76N14O12S. The van der Waals surface area contributed by atoms with E-state index in [1.165, 1.54) is 0 Å². The Kier molecular flexibility index (Phi) is 30.5. The van der Waals surface area contributed by atoms with Crippen LogP contribution in [0, 0.1) is 82.8 Å². The molecule has 0 aromatic carbocycles. The third-order valence-electron chi connectivity index (χ3n) is 12.7. The average molecular weight is 1040 g/mol. The Morgan fingerprint density at radius 2 is 1.17 bits per heavy atom. The van der Waals surface area contributed by atoms with Crippen molar-refractivity contribution in [2.75, 3.05) is 126 Å². The maximum absolute atomic E-state index is 10.5. The van der Waals surface area contributed by atoms with Gasteiger partial charge in [-0.15, -0.1) is 4.99 Å². The van der Waals surface area contributed by atoms with Gasteiger partial charge in [0.1, 0.15) is 24.4 Å². The molecule has 27 heteroatoms. The van der Waals surface area contributed by atoms with Gasteiger partial charge < -0.3 is 48.0 Å². The van der Waals surface area contributed by atoms with E-state index in [4.69, 9.17) is 38.9 Å². The van der Waals surface area contributed by atoms with Gasteiger partial charge in [-0.2, -0.15) is 15.5 Å². The zero-order valence-corrected chi connectivity index (χ0v) is 43.6. The molecule has 0 N–H and O–H groups in total.